The van der Waals surface area contributed by atoms with E-state index >= 15 is 0 Å². The number of esters is 2. The predicted molar refractivity (Wildman–Crippen MR) is 89.4 cm³/mol. The SMILES string of the molecule is COC(=O)c1ccccc1S(=O)(=O)N1CCC(C(=O)OCC(N)=O)CC1. The van der Waals surface area contributed by atoms with Crippen LogP contribution in [-0.4, -0.2) is 57.4 Å². The molecule has 142 valence electrons. The number of nitrogens with zero attached hydrogens (tertiary/aromatic N) is 1. The van der Waals surface area contributed by atoms with Crippen molar-refractivity contribution in [3.8, 4) is 0 Å². The van der Waals surface area contributed by atoms with E-state index in [1.165, 1.54) is 29.6 Å². The maximum atomic E-state index is 12.9. The molecule has 0 bridgehead atoms. The van der Waals surface area contributed by atoms with E-state index < -0.39 is 40.4 Å². The van der Waals surface area contributed by atoms with Crippen LogP contribution in [0.2, 0.25) is 0 Å². The maximum Gasteiger partial charge on any atom is 0.339 e. The molecule has 0 radical (unpaired) electrons. The highest BCUT2D eigenvalue weighted by atomic mass is 32.2. The third kappa shape index (κ3) is 4.38. The molecule has 1 saturated heterocycles. The third-order valence-corrected chi connectivity index (χ3v) is 6.01. The highest BCUT2D eigenvalue weighted by Gasteiger charge is 2.34. The van der Waals surface area contributed by atoms with Crippen molar-refractivity contribution < 1.29 is 32.3 Å². The summed E-state index contributed by atoms with van der Waals surface area (Å²) in [7, 11) is -2.74. The van der Waals surface area contributed by atoms with Gasteiger partial charge in [-0.3, -0.25) is 9.59 Å². The van der Waals surface area contributed by atoms with Gasteiger partial charge >= 0.3 is 11.9 Å². The summed E-state index contributed by atoms with van der Waals surface area (Å²) in [5.74, 6) is -2.57. The van der Waals surface area contributed by atoms with Gasteiger partial charge in [0.1, 0.15) is 0 Å². The Balaban J connectivity index is 2.10. The maximum absolute atomic E-state index is 12.9. The fourth-order valence-corrected chi connectivity index (χ4v) is 4.35. The summed E-state index contributed by atoms with van der Waals surface area (Å²) >= 11 is 0. The number of benzene rings is 1. The molecular formula is C16H20N2O7S. The highest BCUT2D eigenvalue weighted by Crippen LogP contribution is 2.26. The lowest BCUT2D eigenvalue weighted by atomic mass is 9.98. The molecule has 1 aromatic carbocycles. The summed E-state index contributed by atoms with van der Waals surface area (Å²) in [5, 5.41) is 0. The van der Waals surface area contributed by atoms with Crippen molar-refractivity contribution in [2.45, 2.75) is 17.7 Å². The number of hydrogen-bond donors (Lipinski definition) is 1. The second-order valence-electron chi connectivity index (χ2n) is 5.74. The van der Waals surface area contributed by atoms with Crippen LogP contribution in [0.1, 0.15) is 23.2 Å². The van der Waals surface area contributed by atoms with E-state index in [1.54, 1.807) is 6.07 Å². The van der Waals surface area contributed by atoms with Gasteiger partial charge in [0.05, 0.1) is 23.5 Å². The van der Waals surface area contributed by atoms with Crippen LogP contribution in [0.4, 0.5) is 0 Å². The topological polar surface area (TPSA) is 133 Å². The Bertz CT molecular complexity index is 799. The Labute approximate surface area is 151 Å². The van der Waals surface area contributed by atoms with E-state index in [9.17, 15) is 22.8 Å². The minimum atomic E-state index is -3.92. The fraction of sp³-hybridized carbons (Fsp3) is 0.438. The molecule has 1 aliphatic rings. The summed E-state index contributed by atoms with van der Waals surface area (Å²) in [4.78, 5) is 34.2. The standard InChI is InChI=1S/C16H20N2O7S/c1-24-16(21)12-4-2-3-5-13(12)26(22,23)18-8-6-11(7-9-18)15(20)25-10-14(17)19/h2-5,11H,6-10H2,1H3,(H2,17,19). The molecule has 0 unspecified atom stereocenters. The second kappa shape index (κ2) is 8.28. The lowest BCUT2D eigenvalue weighted by Crippen LogP contribution is -2.41. The van der Waals surface area contributed by atoms with Crippen molar-refractivity contribution in [3.63, 3.8) is 0 Å². The number of ether oxygens (including phenoxy) is 2. The van der Waals surface area contributed by atoms with Crippen molar-refractivity contribution in [1.29, 1.82) is 0 Å². The lowest BCUT2D eigenvalue weighted by Gasteiger charge is -2.30. The number of carbonyl (C=O) groups excluding carboxylic acids is 3. The van der Waals surface area contributed by atoms with Crippen molar-refractivity contribution >= 4 is 27.9 Å². The minimum absolute atomic E-state index is 0.0435. The first-order valence-electron chi connectivity index (χ1n) is 7.89. The van der Waals surface area contributed by atoms with Crippen LogP contribution in [-0.2, 0) is 29.1 Å². The van der Waals surface area contributed by atoms with Gasteiger partial charge in [-0.2, -0.15) is 4.31 Å². The van der Waals surface area contributed by atoms with Crippen LogP contribution in [0, 0.1) is 5.92 Å². The first-order chi connectivity index (χ1) is 12.3. The molecule has 10 heteroatoms. The number of amides is 1. The number of methoxy groups -OCH3 is 1. The van der Waals surface area contributed by atoms with Crippen LogP contribution in [0.15, 0.2) is 29.2 Å². The first-order valence-corrected chi connectivity index (χ1v) is 9.33. The molecule has 0 saturated carbocycles. The van der Waals surface area contributed by atoms with Crippen molar-refractivity contribution in [3.05, 3.63) is 29.8 Å². The predicted octanol–water partition coefficient (Wildman–Crippen LogP) is -0.0976. The van der Waals surface area contributed by atoms with Gasteiger partial charge in [0.15, 0.2) is 6.61 Å². The molecule has 0 aromatic heterocycles. The van der Waals surface area contributed by atoms with Crippen LogP contribution in [0.25, 0.3) is 0 Å². The third-order valence-electron chi connectivity index (χ3n) is 4.05. The van der Waals surface area contributed by atoms with E-state index in [0.717, 1.165) is 0 Å². The Morgan fingerprint density at radius 3 is 2.38 bits per heavy atom. The zero-order chi connectivity index (χ0) is 19.3. The van der Waals surface area contributed by atoms with Crippen molar-refractivity contribution in [2.24, 2.45) is 11.7 Å². The summed E-state index contributed by atoms with van der Waals surface area (Å²) in [5.41, 5.74) is 4.88. The van der Waals surface area contributed by atoms with Gasteiger partial charge in [-0.15, -0.1) is 0 Å². The number of carbonyl (C=O) groups is 3. The molecule has 0 atom stereocenters. The zero-order valence-electron chi connectivity index (χ0n) is 14.2. The number of hydrogen-bond acceptors (Lipinski definition) is 7. The van der Waals surface area contributed by atoms with Crippen LogP contribution >= 0.6 is 0 Å². The molecule has 26 heavy (non-hydrogen) atoms. The molecule has 1 amide bonds. The molecule has 1 aromatic rings. The van der Waals surface area contributed by atoms with Gasteiger partial charge in [-0.1, -0.05) is 12.1 Å². The zero-order valence-corrected chi connectivity index (χ0v) is 15.0. The molecule has 2 rings (SSSR count). The average molecular weight is 384 g/mol. The number of rotatable bonds is 6. The Kier molecular flexibility index (Phi) is 6.32. The molecule has 2 N–H and O–H groups in total. The number of piperidine rings is 1. The van der Waals surface area contributed by atoms with Crippen molar-refractivity contribution in [1.82, 2.24) is 4.31 Å². The van der Waals surface area contributed by atoms with E-state index in [4.69, 9.17) is 10.5 Å². The largest absolute Gasteiger partial charge is 0.465 e. The average Bonchev–Trinajstić information content (AvgIpc) is 2.65. The van der Waals surface area contributed by atoms with Gasteiger partial charge in [0.25, 0.3) is 5.91 Å². The molecule has 1 heterocycles. The van der Waals surface area contributed by atoms with Gasteiger partial charge in [0, 0.05) is 13.1 Å². The van der Waals surface area contributed by atoms with E-state index in [2.05, 4.69) is 4.74 Å². The van der Waals surface area contributed by atoms with Crippen LogP contribution < -0.4 is 5.73 Å². The quantitative estimate of drug-likeness (QED) is 0.677. The van der Waals surface area contributed by atoms with E-state index in [0.29, 0.717) is 0 Å². The molecule has 0 spiro atoms. The summed E-state index contributed by atoms with van der Waals surface area (Å²) in [6.07, 6.45) is 0.494. The van der Waals surface area contributed by atoms with Crippen LogP contribution in [0.5, 0.6) is 0 Å². The summed E-state index contributed by atoms with van der Waals surface area (Å²) in [6.45, 7) is -0.313. The van der Waals surface area contributed by atoms with Crippen LogP contribution in [0.3, 0.4) is 0 Å². The number of sulfonamides is 1. The monoisotopic (exact) mass is 384 g/mol. The minimum Gasteiger partial charge on any atom is -0.465 e. The van der Waals surface area contributed by atoms with Gasteiger partial charge in [-0.25, -0.2) is 13.2 Å². The second-order valence-corrected chi connectivity index (χ2v) is 7.65. The Hall–Kier alpha value is -2.46. The normalized spacial score (nSPS) is 16.0. The van der Waals surface area contributed by atoms with Gasteiger partial charge in [-0.05, 0) is 25.0 Å². The molecule has 1 fully saturated rings. The smallest absolute Gasteiger partial charge is 0.339 e. The van der Waals surface area contributed by atoms with Gasteiger partial charge < -0.3 is 15.2 Å². The highest BCUT2D eigenvalue weighted by molar-refractivity contribution is 7.89. The summed E-state index contributed by atoms with van der Waals surface area (Å²) in [6, 6.07) is 5.79. The van der Waals surface area contributed by atoms with Crippen molar-refractivity contribution in [2.75, 3.05) is 26.8 Å². The first kappa shape index (κ1) is 19.9. The van der Waals surface area contributed by atoms with E-state index in [1.807, 2.05) is 0 Å². The molecular weight excluding hydrogens is 364 g/mol. The van der Waals surface area contributed by atoms with E-state index in [-0.39, 0.29) is 36.4 Å². The van der Waals surface area contributed by atoms with Gasteiger partial charge in [0.2, 0.25) is 10.0 Å². The Morgan fingerprint density at radius 1 is 1.19 bits per heavy atom. The molecule has 1 aliphatic heterocycles. The summed E-state index contributed by atoms with van der Waals surface area (Å²) < 4.78 is 36.3. The Morgan fingerprint density at radius 2 is 1.81 bits per heavy atom. The molecule has 0 aliphatic carbocycles. The number of primary amides is 1. The lowest BCUT2D eigenvalue weighted by molar-refractivity contribution is -0.153. The number of nitrogens with two attached hydrogens (primary N) is 1. The fourth-order valence-electron chi connectivity index (χ4n) is 2.70. The molecule has 9 nitrogen and oxygen atoms in total.